The predicted octanol–water partition coefficient (Wildman–Crippen LogP) is 2.15. The molecule has 0 unspecified atom stereocenters. The van der Waals surface area contributed by atoms with Crippen LogP contribution < -0.4 is 0 Å². The average molecular weight is 224 g/mol. The van der Waals surface area contributed by atoms with Gasteiger partial charge in [-0.2, -0.15) is 0 Å². The first-order valence-corrected chi connectivity index (χ1v) is 5.04. The molecule has 6 heteroatoms. The van der Waals surface area contributed by atoms with Crippen molar-refractivity contribution >= 4 is 36.0 Å². The number of hydrogen-bond acceptors (Lipinski definition) is 6. The quantitative estimate of drug-likeness (QED) is 0.538. The second-order valence-electron chi connectivity index (χ2n) is 2.72. The Morgan fingerprint density at radius 1 is 1.00 bits per heavy atom. The van der Waals surface area contributed by atoms with Crippen LogP contribution in [0.5, 0.6) is 0 Å². The summed E-state index contributed by atoms with van der Waals surface area (Å²) >= 11 is 1.93. The molecule has 0 amide bonds. The van der Waals surface area contributed by atoms with E-state index in [1.165, 1.54) is 13.8 Å². The second kappa shape index (κ2) is 5.39. The summed E-state index contributed by atoms with van der Waals surface area (Å²) < 4.78 is 8.92. The van der Waals surface area contributed by atoms with Gasteiger partial charge in [-0.05, 0) is 13.8 Å². The Bertz CT molecular complexity index is 183. The van der Waals surface area contributed by atoms with Crippen LogP contribution in [0.1, 0.15) is 27.7 Å². The Labute approximate surface area is 86.1 Å². The normalized spacial score (nSPS) is 10.8. The third-order valence-electron chi connectivity index (χ3n) is 0.719. The predicted molar refractivity (Wildman–Crippen MR) is 52.8 cm³/mol. The molecule has 0 aromatic rings. The molecular formula is C7H12O4S2. The molecule has 0 aliphatic rings. The molecule has 0 fully saturated rings. The Kier molecular flexibility index (Phi) is 5.24. The Morgan fingerprint density at radius 2 is 1.31 bits per heavy atom. The van der Waals surface area contributed by atoms with Gasteiger partial charge in [0.1, 0.15) is 4.08 Å². The van der Waals surface area contributed by atoms with Crippen LogP contribution in [0.2, 0.25) is 0 Å². The molecule has 0 aromatic heterocycles. The van der Waals surface area contributed by atoms with Crippen LogP contribution in [0.25, 0.3) is 0 Å². The van der Waals surface area contributed by atoms with Gasteiger partial charge in [-0.3, -0.25) is 9.59 Å². The summed E-state index contributed by atoms with van der Waals surface area (Å²) in [4.78, 5) is 20.9. The van der Waals surface area contributed by atoms with Crippen LogP contribution in [-0.4, -0.2) is 16.0 Å². The maximum absolute atomic E-state index is 10.5. The fourth-order valence-electron chi connectivity index (χ4n) is 0.332. The standard InChI is InChI=1S/C7H12O4S2/c1-5(8)10-12-7(3,4)13-11-6(2)9/h1-4H3. The minimum Gasteiger partial charge on any atom is -0.390 e. The average Bonchev–Trinajstić information content (AvgIpc) is 1.98. The van der Waals surface area contributed by atoms with Crippen LogP contribution in [-0.2, 0) is 18.0 Å². The summed E-state index contributed by atoms with van der Waals surface area (Å²) in [6.45, 7) is 6.21. The van der Waals surface area contributed by atoms with Gasteiger partial charge in [-0.25, -0.2) is 0 Å². The lowest BCUT2D eigenvalue weighted by molar-refractivity contribution is -0.131. The maximum Gasteiger partial charge on any atom is 0.314 e. The third-order valence-corrected chi connectivity index (χ3v) is 2.57. The van der Waals surface area contributed by atoms with E-state index in [2.05, 4.69) is 0 Å². The van der Waals surface area contributed by atoms with E-state index in [0.717, 1.165) is 24.1 Å². The highest BCUT2D eigenvalue weighted by atomic mass is 32.2. The molecule has 0 radical (unpaired) electrons. The smallest absolute Gasteiger partial charge is 0.314 e. The highest BCUT2D eigenvalue weighted by Gasteiger charge is 2.25. The van der Waals surface area contributed by atoms with Crippen LogP contribution in [0.4, 0.5) is 0 Å². The molecule has 0 rings (SSSR count). The van der Waals surface area contributed by atoms with Crippen LogP contribution in [0.3, 0.4) is 0 Å². The van der Waals surface area contributed by atoms with Crippen molar-refractivity contribution in [3.05, 3.63) is 0 Å². The molecule has 0 spiro atoms. The molecule has 0 aliphatic carbocycles. The third kappa shape index (κ3) is 7.98. The topological polar surface area (TPSA) is 52.6 Å². The van der Waals surface area contributed by atoms with Gasteiger partial charge >= 0.3 is 11.9 Å². The van der Waals surface area contributed by atoms with Gasteiger partial charge in [0.2, 0.25) is 0 Å². The minimum atomic E-state index is -0.489. The van der Waals surface area contributed by atoms with Crippen molar-refractivity contribution in [3.63, 3.8) is 0 Å². The van der Waals surface area contributed by atoms with Crippen LogP contribution >= 0.6 is 24.1 Å². The Balaban J connectivity index is 3.79. The van der Waals surface area contributed by atoms with Crippen molar-refractivity contribution in [2.24, 2.45) is 0 Å². The molecule has 0 atom stereocenters. The summed E-state index contributed by atoms with van der Waals surface area (Å²) in [5.74, 6) is -0.747. The fourth-order valence-corrected chi connectivity index (χ4v) is 1.28. The summed E-state index contributed by atoms with van der Waals surface area (Å²) in [5.41, 5.74) is 0. The molecule has 0 saturated heterocycles. The maximum atomic E-state index is 10.5. The van der Waals surface area contributed by atoms with Gasteiger partial charge in [-0.1, -0.05) is 0 Å². The summed E-state index contributed by atoms with van der Waals surface area (Å²) in [7, 11) is 0. The lowest BCUT2D eigenvalue weighted by Crippen LogP contribution is -2.12. The zero-order valence-corrected chi connectivity index (χ0v) is 9.58. The molecule has 0 aliphatic heterocycles. The van der Waals surface area contributed by atoms with E-state index in [0.29, 0.717) is 0 Å². The molecule has 4 nitrogen and oxygen atoms in total. The van der Waals surface area contributed by atoms with E-state index in [4.69, 9.17) is 8.37 Å². The van der Waals surface area contributed by atoms with Crippen molar-refractivity contribution in [1.82, 2.24) is 0 Å². The van der Waals surface area contributed by atoms with Gasteiger partial charge in [0.25, 0.3) is 0 Å². The molecule has 0 N–H and O–H groups in total. The Morgan fingerprint density at radius 3 is 1.54 bits per heavy atom. The molecular weight excluding hydrogens is 212 g/mol. The van der Waals surface area contributed by atoms with Gasteiger partial charge in [0, 0.05) is 13.8 Å². The molecule has 76 valence electrons. The van der Waals surface area contributed by atoms with Gasteiger partial charge < -0.3 is 8.37 Å². The largest absolute Gasteiger partial charge is 0.390 e. The fraction of sp³-hybridized carbons (Fsp3) is 0.714. The van der Waals surface area contributed by atoms with E-state index >= 15 is 0 Å². The molecule has 0 heterocycles. The molecule has 0 bridgehead atoms. The lowest BCUT2D eigenvalue weighted by Gasteiger charge is -2.18. The van der Waals surface area contributed by atoms with Gasteiger partial charge in [0.05, 0.1) is 24.1 Å². The van der Waals surface area contributed by atoms with Crippen LogP contribution in [0, 0.1) is 0 Å². The summed E-state index contributed by atoms with van der Waals surface area (Å²) in [6.07, 6.45) is 0. The summed E-state index contributed by atoms with van der Waals surface area (Å²) in [6, 6.07) is 0. The van der Waals surface area contributed by atoms with Crippen molar-refractivity contribution in [2.45, 2.75) is 31.8 Å². The number of hydrogen-bond donors (Lipinski definition) is 0. The van der Waals surface area contributed by atoms with E-state index in [1.54, 1.807) is 13.8 Å². The van der Waals surface area contributed by atoms with Crippen molar-refractivity contribution in [1.29, 1.82) is 0 Å². The van der Waals surface area contributed by atoms with E-state index in [-0.39, 0.29) is 11.9 Å². The zero-order chi connectivity index (χ0) is 10.5. The van der Waals surface area contributed by atoms with Crippen molar-refractivity contribution < 1.29 is 18.0 Å². The van der Waals surface area contributed by atoms with E-state index in [1.807, 2.05) is 0 Å². The van der Waals surface area contributed by atoms with E-state index < -0.39 is 4.08 Å². The van der Waals surface area contributed by atoms with Crippen LogP contribution in [0.15, 0.2) is 0 Å². The van der Waals surface area contributed by atoms with Crippen molar-refractivity contribution in [3.8, 4) is 0 Å². The highest BCUT2D eigenvalue weighted by molar-refractivity contribution is 8.14. The van der Waals surface area contributed by atoms with E-state index in [9.17, 15) is 9.59 Å². The molecule has 0 saturated carbocycles. The number of carbonyl (C=O) groups excluding carboxylic acids is 2. The lowest BCUT2D eigenvalue weighted by atomic mass is 10.5. The first-order chi connectivity index (χ1) is 5.83. The molecule has 13 heavy (non-hydrogen) atoms. The Hall–Kier alpha value is -0.360. The molecule has 0 aromatic carbocycles. The minimum absolute atomic E-state index is 0.374. The van der Waals surface area contributed by atoms with Gasteiger partial charge in [-0.15, -0.1) is 0 Å². The number of carbonyl (C=O) groups is 2. The van der Waals surface area contributed by atoms with Crippen molar-refractivity contribution in [2.75, 3.05) is 0 Å². The SMILES string of the molecule is CC(=O)OSC(C)(C)SOC(C)=O. The zero-order valence-electron chi connectivity index (χ0n) is 7.95. The summed E-state index contributed by atoms with van der Waals surface area (Å²) in [5, 5.41) is 0. The monoisotopic (exact) mass is 224 g/mol. The van der Waals surface area contributed by atoms with Gasteiger partial charge in [0.15, 0.2) is 0 Å². The first-order valence-electron chi connectivity index (χ1n) is 3.56. The highest BCUT2D eigenvalue weighted by Crippen LogP contribution is 2.37. The second-order valence-corrected chi connectivity index (χ2v) is 5.68. The number of rotatable bonds is 4. The first kappa shape index (κ1) is 12.6.